The number of carboxylic acids is 1. The lowest BCUT2D eigenvalue weighted by Crippen LogP contribution is -2.45. The molecule has 0 bridgehead atoms. The monoisotopic (exact) mass is 242 g/mol. The van der Waals surface area contributed by atoms with Gasteiger partial charge in [0.25, 0.3) is 0 Å². The van der Waals surface area contributed by atoms with Gasteiger partial charge in [0.05, 0.1) is 0 Å². The molecule has 2 amide bonds. The van der Waals surface area contributed by atoms with Crippen LogP contribution in [-0.4, -0.2) is 35.5 Å². The average Bonchev–Trinajstić information content (AvgIpc) is 2.44. The molecule has 6 nitrogen and oxygen atoms in total. The van der Waals surface area contributed by atoms with Crippen LogP contribution >= 0.6 is 0 Å². The molecule has 0 radical (unpaired) electrons. The maximum atomic E-state index is 11.5. The summed E-state index contributed by atoms with van der Waals surface area (Å²) in [7, 11) is 0. The van der Waals surface area contributed by atoms with Crippen LogP contribution in [0.1, 0.15) is 38.5 Å². The van der Waals surface area contributed by atoms with E-state index in [1.165, 1.54) is 0 Å². The van der Waals surface area contributed by atoms with Crippen molar-refractivity contribution in [1.29, 1.82) is 0 Å². The zero-order valence-electron chi connectivity index (χ0n) is 9.70. The minimum absolute atomic E-state index is 0.0235. The molecule has 17 heavy (non-hydrogen) atoms. The lowest BCUT2D eigenvalue weighted by molar-refractivity contribution is -0.137. The van der Waals surface area contributed by atoms with Gasteiger partial charge in [-0.1, -0.05) is 0 Å². The Morgan fingerprint density at radius 2 is 2.12 bits per heavy atom. The van der Waals surface area contributed by atoms with Gasteiger partial charge in [0.2, 0.25) is 11.8 Å². The molecule has 96 valence electrons. The van der Waals surface area contributed by atoms with E-state index in [1.807, 2.05) is 0 Å². The van der Waals surface area contributed by atoms with Crippen LogP contribution in [-0.2, 0) is 14.4 Å². The second-order valence-electron chi connectivity index (χ2n) is 4.15. The van der Waals surface area contributed by atoms with Crippen LogP contribution < -0.4 is 10.6 Å². The molecule has 0 aromatic carbocycles. The van der Waals surface area contributed by atoms with Crippen LogP contribution in [0.2, 0.25) is 0 Å². The highest BCUT2D eigenvalue weighted by Crippen LogP contribution is 2.06. The van der Waals surface area contributed by atoms with Gasteiger partial charge in [-0.2, -0.15) is 0 Å². The van der Waals surface area contributed by atoms with Crippen molar-refractivity contribution in [3.63, 3.8) is 0 Å². The zero-order valence-corrected chi connectivity index (χ0v) is 9.70. The summed E-state index contributed by atoms with van der Waals surface area (Å²) < 4.78 is 0. The molecule has 1 fully saturated rings. The van der Waals surface area contributed by atoms with E-state index in [9.17, 15) is 14.4 Å². The fourth-order valence-electron chi connectivity index (χ4n) is 1.74. The van der Waals surface area contributed by atoms with Gasteiger partial charge in [0.1, 0.15) is 6.04 Å². The maximum Gasteiger partial charge on any atom is 0.303 e. The first-order valence-corrected chi connectivity index (χ1v) is 5.88. The Morgan fingerprint density at radius 3 is 2.82 bits per heavy atom. The molecule has 0 spiro atoms. The van der Waals surface area contributed by atoms with Crippen molar-refractivity contribution in [2.75, 3.05) is 6.54 Å². The number of hydrogen-bond acceptors (Lipinski definition) is 3. The van der Waals surface area contributed by atoms with Gasteiger partial charge in [-0.25, -0.2) is 0 Å². The van der Waals surface area contributed by atoms with Gasteiger partial charge >= 0.3 is 5.97 Å². The van der Waals surface area contributed by atoms with E-state index in [2.05, 4.69) is 10.6 Å². The van der Waals surface area contributed by atoms with E-state index < -0.39 is 12.0 Å². The summed E-state index contributed by atoms with van der Waals surface area (Å²) in [6.45, 7) is 0.657. The largest absolute Gasteiger partial charge is 0.481 e. The summed E-state index contributed by atoms with van der Waals surface area (Å²) in [6.07, 6.45) is 2.91. The molecule has 0 aliphatic carbocycles. The van der Waals surface area contributed by atoms with Crippen molar-refractivity contribution < 1.29 is 19.5 Å². The van der Waals surface area contributed by atoms with Crippen molar-refractivity contribution in [3.8, 4) is 0 Å². The smallest absolute Gasteiger partial charge is 0.303 e. The van der Waals surface area contributed by atoms with Crippen LogP contribution in [0, 0.1) is 0 Å². The Kier molecular flexibility index (Phi) is 5.45. The molecular weight excluding hydrogens is 224 g/mol. The number of rotatable bonds is 5. The third-order valence-electron chi connectivity index (χ3n) is 2.66. The summed E-state index contributed by atoms with van der Waals surface area (Å²) in [6, 6.07) is -0.463. The normalized spacial score (nSPS) is 20.2. The van der Waals surface area contributed by atoms with E-state index in [4.69, 9.17) is 5.11 Å². The van der Waals surface area contributed by atoms with Crippen molar-refractivity contribution in [2.24, 2.45) is 0 Å². The third-order valence-corrected chi connectivity index (χ3v) is 2.66. The van der Waals surface area contributed by atoms with Crippen molar-refractivity contribution in [2.45, 2.75) is 44.6 Å². The predicted octanol–water partition coefficient (Wildman–Crippen LogP) is 0.0262. The molecular formula is C11H18N2O4. The highest BCUT2D eigenvalue weighted by atomic mass is 16.4. The van der Waals surface area contributed by atoms with Gasteiger partial charge in [0.15, 0.2) is 0 Å². The van der Waals surface area contributed by atoms with Crippen molar-refractivity contribution in [3.05, 3.63) is 0 Å². The zero-order chi connectivity index (χ0) is 12.7. The molecule has 0 unspecified atom stereocenters. The number of carboxylic acid groups (broad SMARTS) is 1. The van der Waals surface area contributed by atoms with Crippen LogP contribution in [0.5, 0.6) is 0 Å². The van der Waals surface area contributed by atoms with E-state index in [0.717, 1.165) is 12.8 Å². The first-order chi connectivity index (χ1) is 8.09. The number of carbonyl (C=O) groups is 3. The van der Waals surface area contributed by atoms with E-state index >= 15 is 0 Å². The molecule has 0 saturated carbocycles. The number of carbonyl (C=O) groups excluding carboxylic acids is 2. The second-order valence-corrected chi connectivity index (χ2v) is 4.15. The van der Waals surface area contributed by atoms with Gasteiger partial charge < -0.3 is 15.7 Å². The first-order valence-electron chi connectivity index (χ1n) is 5.88. The van der Waals surface area contributed by atoms with Crippen LogP contribution in [0.15, 0.2) is 0 Å². The number of hydrogen-bond donors (Lipinski definition) is 3. The lowest BCUT2D eigenvalue weighted by Gasteiger charge is -2.14. The average molecular weight is 242 g/mol. The topological polar surface area (TPSA) is 95.5 Å². The number of amides is 2. The highest BCUT2D eigenvalue weighted by molar-refractivity contribution is 5.87. The minimum Gasteiger partial charge on any atom is -0.481 e. The van der Waals surface area contributed by atoms with E-state index in [0.29, 0.717) is 19.4 Å². The Hall–Kier alpha value is -1.59. The quantitative estimate of drug-likeness (QED) is 0.633. The molecule has 1 heterocycles. The Morgan fingerprint density at radius 1 is 1.35 bits per heavy atom. The fraction of sp³-hybridized carbons (Fsp3) is 0.727. The number of nitrogens with one attached hydrogen (secondary N) is 2. The minimum atomic E-state index is -0.912. The van der Waals surface area contributed by atoms with Gasteiger partial charge in [-0.15, -0.1) is 0 Å². The summed E-state index contributed by atoms with van der Waals surface area (Å²) in [5, 5.41) is 13.8. The Labute approximate surface area is 99.8 Å². The molecule has 3 N–H and O–H groups in total. The van der Waals surface area contributed by atoms with Crippen molar-refractivity contribution >= 4 is 17.8 Å². The molecule has 1 aliphatic rings. The molecule has 1 aliphatic heterocycles. The van der Waals surface area contributed by atoms with E-state index in [1.54, 1.807) is 0 Å². The fourth-order valence-corrected chi connectivity index (χ4v) is 1.74. The summed E-state index contributed by atoms with van der Waals surface area (Å²) in [4.78, 5) is 33.3. The first kappa shape index (κ1) is 13.5. The predicted molar refractivity (Wildman–Crippen MR) is 60.3 cm³/mol. The second kappa shape index (κ2) is 6.88. The molecule has 0 aromatic heterocycles. The SMILES string of the molecule is O=C(O)CCCC(=O)N[C@@H]1CCCCNC1=O. The molecule has 1 rings (SSSR count). The van der Waals surface area contributed by atoms with Gasteiger partial charge in [-0.3, -0.25) is 14.4 Å². The molecule has 0 aromatic rings. The number of aliphatic carboxylic acids is 1. The molecule has 1 saturated heterocycles. The molecule has 6 heteroatoms. The van der Waals surface area contributed by atoms with Crippen LogP contribution in [0.3, 0.4) is 0 Å². The summed E-state index contributed by atoms with van der Waals surface area (Å²) >= 11 is 0. The standard InChI is InChI=1S/C11H18N2O4/c14-9(5-3-6-10(15)16)13-8-4-1-2-7-12-11(8)17/h8H,1-7H2,(H,12,17)(H,13,14)(H,15,16)/t8-/m1/s1. The Balaban J connectivity index is 2.28. The Bertz CT molecular complexity index is 304. The van der Waals surface area contributed by atoms with Crippen molar-refractivity contribution in [1.82, 2.24) is 10.6 Å². The summed E-state index contributed by atoms with van der Waals surface area (Å²) in [5.74, 6) is -1.31. The lowest BCUT2D eigenvalue weighted by atomic mass is 10.1. The molecule has 1 atom stereocenters. The van der Waals surface area contributed by atoms with Gasteiger partial charge in [-0.05, 0) is 25.7 Å². The van der Waals surface area contributed by atoms with Crippen LogP contribution in [0.25, 0.3) is 0 Å². The third kappa shape index (κ3) is 5.33. The van der Waals surface area contributed by atoms with Crippen LogP contribution in [0.4, 0.5) is 0 Å². The maximum absolute atomic E-state index is 11.5. The van der Waals surface area contributed by atoms with Gasteiger partial charge in [0, 0.05) is 19.4 Å². The van der Waals surface area contributed by atoms with E-state index in [-0.39, 0.29) is 24.7 Å². The highest BCUT2D eigenvalue weighted by Gasteiger charge is 2.21. The summed E-state index contributed by atoms with van der Waals surface area (Å²) in [5.41, 5.74) is 0.